The molecular formula is C26H37N5O6. The molecule has 11 nitrogen and oxygen atoms in total. The molecule has 1 saturated carbocycles. The lowest BCUT2D eigenvalue weighted by Gasteiger charge is -2.34. The number of amides is 4. The molecular weight excluding hydrogens is 478 g/mol. The SMILES string of the molecule is CC(C)(C)OC(=O)NC(CCC(N)=O)C(=O)N(CC#N)C(C(=O)NC1CCCCC1)c1cccc(O)c1. The molecule has 0 aromatic heterocycles. The van der Waals surface area contributed by atoms with Crippen LogP contribution in [-0.4, -0.2) is 58.1 Å². The molecule has 4 amide bonds. The first-order chi connectivity index (χ1) is 17.4. The number of rotatable bonds is 10. The number of alkyl carbamates (subject to hydrolysis) is 1. The molecule has 2 atom stereocenters. The smallest absolute Gasteiger partial charge is 0.408 e. The molecule has 11 heteroatoms. The van der Waals surface area contributed by atoms with Crippen LogP contribution in [0.4, 0.5) is 4.79 Å². The second-order valence-corrected chi connectivity index (χ2v) is 10.2. The Morgan fingerprint density at radius 1 is 1.22 bits per heavy atom. The van der Waals surface area contributed by atoms with Crippen molar-refractivity contribution in [3.05, 3.63) is 29.8 Å². The van der Waals surface area contributed by atoms with Crippen LogP contribution in [0.5, 0.6) is 5.75 Å². The number of nitrogens with two attached hydrogens (primary N) is 1. The van der Waals surface area contributed by atoms with Crippen LogP contribution in [0, 0.1) is 11.3 Å². The van der Waals surface area contributed by atoms with Gasteiger partial charge in [0.05, 0.1) is 6.07 Å². The van der Waals surface area contributed by atoms with E-state index >= 15 is 0 Å². The quantitative estimate of drug-likeness (QED) is 0.346. The van der Waals surface area contributed by atoms with Gasteiger partial charge in [-0.3, -0.25) is 14.4 Å². The Morgan fingerprint density at radius 3 is 2.46 bits per heavy atom. The summed E-state index contributed by atoms with van der Waals surface area (Å²) >= 11 is 0. The van der Waals surface area contributed by atoms with Crippen molar-refractivity contribution in [1.29, 1.82) is 5.26 Å². The Labute approximate surface area is 217 Å². The van der Waals surface area contributed by atoms with Crippen LogP contribution in [0.15, 0.2) is 24.3 Å². The monoisotopic (exact) mass is 515 g/mol. The molecule has 1 aromatic carbocycles. The van der Waals surface area contributed by atoms with Crippen LogP contribution in [0.2, 0.25) is 0 Å². The van der Waals surface area contributed by atoms with E-state index in [9.17, 15) is 29.5 Å². The topological polar surface area (TPSA) is 175 Å². The van der Waals surface area contributed by atoms with Gasteiger partial charge in [0.2, 0.25) is 17.7 Å². The molecule has 0 bridgehead atoms. The van der Waals surface area contributed by atoms with Gasteiger partial charge in [0.1, 0.15) is 30.0 Å². The van der Waals surface area contributed by atoms with Gasteiger partial charge in [-0.05, 0) is 57.7 Å². The third kappa shape index (κ3) is 9.63. The van der Waals surface area contributed by atoms with E-state index < -0.39 is 48.0 Å². The Kier molecular flexibility index (Phi) is 10.7. The minimum Gasteiger partial charge on any atom is -0.508 e. The summed E-state index contributed by atoms with van der Waals surface area (Å²) in [5.74, 6) is -2.07. The summed E-state index contributed by atoms with van der Waals surface area (Å²) in [6.45, 7) is 4.48. The highest BCUT2D eigenvalue weighted by Crippen LogP contribution is 2.27. The van der Waals surface area contributed by atoms with Crippen molar-refractivity contribution in [2.45, 2.75) is 89.4 Å². The van der Waals surface area contributed by atoms with Gasteiger partial charge >= 0.3 is 6.09 Å². The lowest BCUT2D eigenvalue weighted by molar-refractivity contribution is -0.142. The zero-order chi connectivity index (χ0) is 27.6. The van der Waals surface area contributed by atoms with Crippen molar-refractivity contribution >= 4 is 23.8 Å². The maximum Gasteiger partial charge on any atom is 0.408 e. The highest BCUT2D eigenvalue weighted by atomic mass is 16.6. The molecule has 0 saturated heterocycles. The Hall–Kier alpha value is -3.81. The highest BCUT2D eigenvalue weighted by molar-refractivity contribution is 5.92. The molecule has 2 unspecified atom stereocenters. The number of hydrogen-bond acceptors (Lipinski definition) is 7. The normalized spacial score (nSPS) is 15.5. The number of phenolic OH excluding ortho intramolecular Hbond substituents is 1. The molecule has 1 aromatic rings. The van der Waals surface area contributed by atoms with Crippen LogP contribution in [-0.2, 0) is 19.1 Å². The molecule has 0 radical (unpaired) electrons. The Balaban J connectivity index is 2.43. The van der Waals surface area contributed by atoms with Crippen molar-refractivity contribution in [3.63, 3.8) is 0 Å². The summed E-state index contributed by atoms with van der Waals surface area (Å²) < 4.78 is 5.26. The molecule has 37 heavy (non-hydrogen) atoms. The summed E-state index contributed by atoms with van der Waals surface area (Å²) in [4.78, 5) is 52.3. The van der Waals surface area contributed by atoms with Crippen molar-refractivity contribution in [1.82, 2.24) is 15.5 Å². The first-order valence-corrected chi connectivity index (χ1v) is 12.5. The number of carbonyl (C=O) groups is 4. The average molecular weight is 516 g/mol. The highest BCUT2D eigenvalue weighted by Gasteiger charge is 2.37. The predicted octanol–water partition coefficient (Wildman–Crippen LogP) is 2.39. The Morgan fingerprint density at radius 2 is 1.89 bits per heavy atom. The van der Waals surface area contributed by atoms with Crippen LogP contribution in [0.3, 0.4) is 0 Å². The van der Waals surface area contributed by atoms with Gasteiger partial charge in [-0.25, -0.2) is 4.79 Å². The number of phenols is 1. The van der Waals surface area contributed by atoms with Gasteiger partial charge in [0, 0.05) is 12.5 Å². The van der Waals surface area contributed by atoms with Crippen LogP contribution in [0.25, 0.3) is 0 Å². The number of nitrogens with one attached hydrogen (secondary N) is 2. The number of nitrogens with zero attached hydrogens (tertiary/aromatic N) is 2. The van der Waals surface area contributed by atoms with Gasteiger partial charge in [-0.2, -0.15) is 5.26 Å². The molecule has 0 spiro atoms. The molecule has 1 aliphatic rings. The zero-order valence-corrected chi connectivity index (χ0v) is 21.7. The lowest BCUT2D eigenvalue weighted by Crippen LogP contribution is -2.54. The third-order valence-corrected chi connectivity index (χ3v) is 5.89. The van der Waals surface area contributed by atoms with Gasteiger partial charge in [-0.1, -0.05) is 31.4 Å². The standard InChI is InChI=1S/C26H37N5O6/c1-26(2,3)37-25(36)30-20(12-13-21(28)33)24(35)31(15-14-27)22(17-8-7-11-19(32)16-17)23(34)29-18-9-5-4-6-10-18/h7-8,11,16,18,20,22,32H,4-6,9-10,12-13,15H2,1-3H3,(H2,28,33)(H,29,34)(H,30,36). The van der Waals surface area contributed by atoms with E-state index in [1.807, 2.05) is 6.07 Å². The third-order valence-electron chi connectivity index (χ3n) is 5.89. The van der Waals surface area contributed by atoms with Crippen LogP contribution in [0.1, 0.15) is 77.3 Å². The number of primary amides is 1. The number of aromatic hydroxyl groups is 1. The first-order valence-electron chi connectivity index (χ1n) is 12.5. The van der Waals surface area contributed by atoms with Gasteiger partial charge < -0.3 is 31.1 Å². The second kappa shape index (κ2) is 13.5. The molecule has 0 aliphatic heterocycles. The first kappa shape index (κ1) is 29.4. The van der Waals surface area contributed by atoms with Crippen molar-refractivity contribution < 1.29 is 29.0 Å². The van der Waals surface area contributed by atoms with Crippen LogP contribution < -0.4 is 16.4 Å². The van der Waals surface area contributed by atoms with Gasteiger partial charge in [-0.15, -0.1) is 0 Å². The van der Waals surface area contributed by atoms with E-state index in [1.165, 1.54) is 18.2 Å². The molecule has 1 aliphatic carbocycles. The van der Waals surface area contributed by atoms with E-state index in [0.717, 1.165) is 37.0 Å². The minimum atomic E-state index is -1.29. The number of nitriles is 1. The number of carbonyl (C=O) groups excluding carboxylic acids is 4. The maximum atomic E-state index is 13.8. The van der Waals surface area contributed by atoms with E-state index in [4.69, 9.17) is 10.5 Å². The van der Waals surface area contributed by atoms with E-state index in [1.54, 1.807) is 26.8 Å². The average Bonchev–Trinajstić information content (AvgIpc) is 2.80. The van der Waals surface area contributed by atoms with Crippen molar-refractivity contribution in [2.75, 3.05) is 6.54 Å². The predicted molar refractivity (Wildman–Crippen MR) is 135 cm³/mol. The zero-order valence-electron chi connectivity index (χ0n) is 21.7. The fraction of sp³-hybridized carbons (Fsp3) is 0.577. The van der Waals surface area contributed by atoms with Crippen LogP contribution >= 0.6 is 0 Å². The minimum absolute atomic E-state index is 0.0781. The summed E-state index contributed by atoms with van der Waals surface area (Å²) in [7, 11) is 0. The number of benzene rings is 1. The number of ether oxygens (including phenoxy) is 1. The van der Waals surface area contributed by atoms with E-state index in [0.29, 0.717) is 5.56 Å². The van der Waals surface area contributed by atoms with Crippen molar-refractivity contribution in [2.24, 2.45) is 5.73 Å². The van der Waals surface area contributed by atoms with Gasteiger partial charge in [0.15, 0.2) is 0 Å². The Bertz CT molecular complexity index is 1010. The molecule has 0 heterocycles. The molecule has 2 rings (SSSR count). The fourth-order valence-corrected chi connectivity index (χ4v) is 4.26. The molecule has 202 valence electrons. The van der Waals surface area contributed by atoms with E-state index in [2.05, 4.69) is 10.6 Å². The van der Waals surface area contributed by atoms with E-state index in [-0.39, 0.29) is 24.6 Å². The summed E-state index contributed by atoms with van der Waals surface area (Å²) in [5.41, 5.74) is 4.72. The maximum absolute atomic E-state index is 13.8. The molecule has 1 fully saturated rings. The lowest BCUT2D eigenvalue weighted by atomic mass is 9.94. The van der Waals surface area contributed by atoms with Crippen molar-refractivity contribution in [3.8, 4) is 11.8 Å². The fourth-order valence-electron chi connectivity index (χ4n) is 4.26. The summed E-state index contributed by atoms with van der Waals surface area (Å²) in [6.07, 6.45) is 3.34. The summed E-state index contributed by atoms with van der Waals surface area (Å²) in [5, 5.41) is 25.1. The summed E-state index contributed by atoms with van der Waals surface area (Å²) in [6, 6.07) is 5.15. The number of hydrogen-bond donors (Lipinski definition) is 4. The van der Waals surface area contributed by atoms with Gasteiger partial charge in [0.25, 0.3) is 0 Å². The largest absolute Gasteiger partial charge is 0.508 e. The second-order valence-electron chi connectivity index (χ2n) is 10.2. The molecule has 5 N–H and O–H groups in total.